The van der Waals surface area contributed by atoms with Crippen LogP contribution < -0.4 is 30.5 Å². The minimum absolute atomic E-state index is 0.142. The number of rotatable bonds is 7. The molecular weight excluding hydrogens is 442 g/mol. The first-order valence-electron chi connectivity index (χ1n) is 10.5. The zero-order valence-corrected chi connectivity index (χ0v) is 19.3. The van der Waals surface area contributed by atoms with Gasteiger partial charge in [-0.3, -0.25) is 5.43 Å². The van der Waals surface area contributed by atoms with Crippen LogP contribution in [0.25, 0.3) is 0 Å². The topological polar surface area (TPSA) is 126 Å². The molecule has 3 aromatic rings. The van der Waals surface area contributed by atoms with Gasteiger partial charge in [-0.1, -0.05) is 17.7 Å². The summed E-state index contributed by atoms with van der Waals surface area (Å²) in [6, 6.07) is 14.5. The number of nitrogens with two attached hydrogens (primary N) is 1. The summed E-state index contributed by atoms with van der Waals surface area (Å²) in [6.45, 7) is 4.89. The van der Waals surface area contributed by atoms with Crippen LogP contribution in [0.2, 0.25) is 0 Å². The Balaban J connectivity index is 1.41. The van der Waals surface area contributed by atoms with Crippen LogP contribution in [0.1, 0.15) is 5.56 Å². The van der Waals surface area contributed by atoms with Crippen molar-refractivity contribution in [1.29, 1.82) is 0 Å². The number of nitrogens with one attached hydrogen (secondary N) is 2. The van der Waals surface area contributed by atoms with E-state index in [1.165, 1.54) is 18.5 Å². The summed E-state index contributed by atoms with van der Waals surface area (Å²) < 4.78 is 30.3. The molecule has 1 aliphatic heterocycles. The molecule has 1 aliphatic rings. The highest BCUT2D eigenvalue weighted by Crippen LogP contribution is 2.28. The van der Waals surface area contributed by atoms with Gasteiger partial charge in [-0.15, -0.1) is 4.83 Å². The highest BCUT2D eigenvalue weighted by atomic mass is 32.2. The molecule has 0 atom stereocenters. The van der Waals surface area contributed by atoms with Crippen LogP contribution in [-0.2, 0) is 10.0 Å². The number of benzene rings is 2. The number of hydrogen-bond acceptors (Lipinski definition) is 9. The summed E-state index contributed by atoms with van der Waals surface area (Å²) in [7, 11) is -2.13. The Morgan fingerprint density at radius 1 is 0.939 bits per heavy atom. The standard InChI is InChI=1S/C22H27N7O3S/c1-16-3-9-19(10-4-16)33(30,31)27-26-21-20(23)22(25-15-24-21)29-13-11-28(12-14-29)17-5-7-18(32-2)8-6-17/h3-10,15,27H,11-14,23H2,1-2H3,(H,24,25,26). The maximum atomic E-state index is 12.5. The molecule has 0 radical (unpaired) electrons. The molecule has 0 aliphatic carbocycles. The summed E-state index contributed by atoms with van der Waals surface area (Å²) in [4.78, 5) is 15.3. The fourth-order valence-corrected chi connectivity index (χ4v) is 4.44. The second-order valence-electron chi connectivity index (χ2n) is 7.68. The lowest BCUT2D eigenvalue weighted by molar-refractivity contribution is 0.415. The summed E-state index contributed by atoms with van der Waals surface area (Å²) in [5.41, 5.74) is 11.3. The predicted octanol–water partition coefficient (Wildman–Crippen LogP) is 2.01. The Bertz CT molecular complexity index is 1190. The van der Waals surface area contributed by atoms with E-state index in [0.29, 0.717) is 18.9 Å². The van der Waals surface area contributed by atoms with Gasteiger partial charge in [-0.25, -0.2) is 18.4 Å². The third kappa shape index (κ3) is 5.10. The van der Waals surface area contributed by atoms with Crippen molar-refractivity contribution in [2.24, 2.45) is 0 Å². The van der Waals surface area contributed by atoms with E-state index in [9.17, 15) is 8.42 Å². The van der Waals surface area contributed by atoms with Crippen LogP contribution >= 0.6 is 0 Å². The number of hydrazine groups is 1. The van der Waals surface area contributed by atoms with Gasteiger partial charge in [0, 0.05) is 31.9 Å². The number of piperazine rings is 1. The maximum Gasteiger partial charge on any atom is 0.257 e. The summed E-state index contributed by atoms with van der Waals surface area (Å²) >= 11 is 0. The van der Waals surface area contributed by atoms with Gasteiger partial charge < -0.3 is 20.3 Å². The number of nitrogen functional groups attached to an aromatic ring is 1. The Labute approximate surface area is 193 Å². The molecule has 4 rings (SSSR count). The zero-order chi connectivity index (χ0) is 23.4. The average Bonchev–Trinajstić information content (AvgIpc) is 2.84. The van der Waals surface area contributed by atoms with Crippen LogP contribution in [0.5, 0.6) is 5.75 Å². The second kappa shape index (κ2) is 9.51. The van der Waals surface area contributed by atoms with E-state index in [-0.39, 0.29) is 16.4 Å². The van der Waals surface area contributed by atoms with E-state index < -0.39 is 10.0 Å². The van der Waals surface area contributed by atoms with Gasteiger partial charge >= 0.3 is 0 Å². The van der Waals surface area contributed by atoms with Gasteiger partial charge in [-0.05, 0) is 43.3 Å². The smallest absolute Gasteiger partial charge is 0.257 e. The Morgan fingerprint density at radius 3 is 2.21 bits per heavy atom. The lowest BCUT2D eigenvalue weighted by atomic mass is 10.2. The Hall–Kier alpha value is -3.57. The van der Waals surface area contributed by atoms with Gasteiger partial charge in [0.15, 0.2) is 11.6 Å². The lowest BCUT2D eigenvalue weighted by Crippen LogP contribution is -2.47. The van der Waals surface area contributed by atoms with Gasteiger partial charge in [0.1, 0.15) is 17.8 Å². The fraction of sp³-hybridized carbons (Fsp3) is 0.273. The van der Waals surface area contributed by atoms with Crippen LogP contribution in [0.3, 0.4) is 0 Å². The molecule has 2 aromatic carbocycles. The second-order valence-corrected chi connectivity index (χ2v) is 9.36. The van der Waals surface area contributed by atoms with Crippen molar-refractivity contribution in [3.05, 3.63) is 60.4 Å². The maximum absolute atomic E-state index is 12.5. The number of anilines is 4. The van der Waals surface area contributed by atoms with Crippen LogP contribution in [0.15, 0.2) is 59.8 Å². The molecule has 1 saturated heterocycles. The molecule has 0 bridgehead atoms. The number of nitrogens with zero attached hydrogens (tertiary/aromatic N) is 4. The van der Waals surface area contributed by atoms with E-state index >= 15 is 0 Å². The first kappa shape index (κ1) is 22.6. The van der Waals surface area contributed by atoms with Crippen molar-refractivity contribution in [3.8, 4) is 5.75 Å². The van der Waals surface area contributed by atoms with E-state index in [1.807, 2.05) is 31.2 Å². The molecule has 2 heterocycles. The predicted molar refractivity (Wildman–Crippen MR) is 129 cm³/mol. The van der Waals surface area contributed by atoms with Gasteiger partial charge in [0.25, 0.3) is 10.0 Å². The number of aryl methyl sites for hydroxylation is 1. The van der Waals surface area contributed by atoms with Crippen molar-refractivity contribution in [2.75, 3.05) is 54.2 Å². The Morgan fingerprint density at radius 2 is 1.58 bits per heavy atom. The van der Waals surface area contributed by atoms with Gasteiger partial charge in [0.2, 0.25) is 0 Å². The first-order chi connectivity index (χ1) is 15.9. The van der Waals surface area contributed by atoms with Gasteiger partial charge in [-0.2, -0.15) is 0 Å². The molecule has 0 spiro atoms. The van der Waals surface area contributed by atoms with E-state index in [2.05, 4.69) is 30.0 Å². The van der Waals surface area contributed by atoms with Crippen molar-refractivity contribution in [2.45, 2.75) is 11.8 Å². The Kier molecular flexibility index (Phi) is 6.52. The normalized spacial score (nSPS) is 14.2. The largest absolute Gasteiger partial charge is 0.497 e. The van der Waals surface area contributed by atoms with Crippen molar-refractivity contribution < 1.29 is 13.2 Å². The zero-order valence-electron chi connectivity index (χ0n) is 18.5. The lowest BCUT2D eigenvalue weighted by Gasteiger charge is -2.37. The van der Waals surface area contributed by atoms with Crippen LogP contribution in [-0.4, -0.2) is 51.7 Å². The molecule has 1 fully saturated rings. The highest BCUT2D eigenvalue weighted by Gasteiger charge is 2.22. The van der Waals surface area contributed by atoms with Crippen LogP contribution in [0, 0.1) is 6.92 Å². The SMILES string of the molecule is COc1ccc(N2CCN(c3ncnc(NNS(=O)(=O)c4ccc(C)cc4)c3N)CC2)cc1. The molecule has 0 unspecified atom stereocenters. The van der Waals surface area contributed by atoms with Crippen molar-refractivity contribution >= 4 is 33.0 Å². The van der Waals surface area contributed by atoms with Gasteiger partial charge in [0.05, 0.1) is 12.0 Å². The van der Waals surface area contributed by atoms with Crippen molar-refractivity contribution in [1.82, 2.24) is 14.8 Å². The van der Waals surface area contributed by atoms with Crippen LogP contribution in [0.4, 0.5) is 23.0 Å². The average molecular weight is 470 g/mol. The molecule has 0 saturated carbocycles. The highest BCUT2D eigenvalue weighted by molar-refractivity contribution is 7.89. The van der Waals surface area contributed by atoms with E-state index in [4.69, 9.17) is 10.5 Å². The van der Waals surface area contributed by atoms with E-state index in [1.54, 1.807) is 19.2 Å². The molecule has 11 heteroatoms. The molecule has 1 aromatic heterocycles. The monoisotopic (exact) mass is 469 g/mol. The van der Waals surface area contributed by atoms with E-state index in [0.717, 1.165) is 30.1 Å². The summed E-state index contributed by atoms with van der Waals surface area (Å²) in [5, 5.41) is 0. The molecule has 33 heavy (non-hydrogen) atoms. The molecule has 0 amide bonds. The number of hydrogen-bond donors (Lipinski definition) is 3. The summed E-state index contributed by atoms with van der Waals surface area (Å²) in [5.74, 6) is 1.59. The summed E-state index contributed by atoms with van der Waals surface area (Å²) in [6.07, 6.45) is 1.37. The molecule has 174 valence electrons. The number of sulfonamides is 1. The first-order valence-corrected chi connectivity index (χ1v) is 11.9. The minimum Gasteiger partial charge on any atom is -0.497 e. The fourth-order valence-electron chi connectivity index (χ4n) is 3.60. The third-order valence-electron chi connectivity index (χ3n) is 5.51. The number of methoxy groups -OCH3 is 1. The molecule has 4 N–H and O–H groups in total. The molecule has 10 nitrogen and oxygen atoms in total. The number of aromatic nitrogens is 2. The quantitative estimate of drug-likeness (QED) is 0.446. The molecular formula is C22H27N7O3S. The minimum atomic E-state index is -3.78. The third-order valence-corrected chi connectivity index (χ3v) is 6.78. The number of ether oxygens (including phenoxy) is 1. The van der Waals surface area contributed by atoms with Crippen molar-refractivity contribution in [3.63, 3.8) is 0 Å².